The Balaban J connectivity index is 1.55. The van der Waals surface area contributed by atoms with E-state index in [0.717, 1.165) is 27.9 Å². The summed E-state index contributed by atoms with van der Waals surface area (Å²) in [5.74, 6) is 1.80. The van der Waals surface area contributed by atoms with Gasteiger partial charge in [-0.1, -0.05) is 54.2 Å². The molecule has 0 saturated carbocycles. The Morgan fingerprint density at radius 3 is 2.69 bits per heavy atom. The van der Waals surface area contributed by atoms with Crippen LogP contribution in [-0.4, -0.2) is 26.4 Å². The highest BCUT2D eigenvalue weighted by Crippen LogP contribution is 2.20. The molecule has 1 atom stereocenters. The molecule has 1 amide bonds. The maximum atomic E-state index is 12.3. The first-order chi connectivity index (χ1) is 14.1. The highest BCUT2D eigenvalue weighted by Gasteiger charge is 2.15. The molecular formula is C22H26N4O2S. The van der Waals surface area contributed by atoms with Crippen molar-refractivity contribution >= 4 is 17.7 Å². The average Bonchev–Trinajstić information content (AvgIpc) is 3.13. The molecule has 1 heterocycles. The van der Waals surface area contributed by atoms with Crippen molar-refractivity contribution in [3.63, 3.8) is 0 Å². The lowest BCUT2D eigenvalue weighted by atomic mass is 10.1. The lowest BCUT2D eigenvalue weighted by Crippen LogP contribution is -2.28. The van der Waals surface area contributed by atoms with Gasteiger partial charge < -0.3 is 14.6 Å². The molecule has 1 N–H and O–H groups in total. The molecule has 0 fully saturated rings. The maximum Gasteiger partial charge on any atom is 0.230 e. The number of ether oxygens (including phenoxy) is 1. The van der Waals surface area contributed by atoms with Crippen LogP contribution in [0.3, 0.4) is 0 Å². The average molecular weight is 411 g/mol. The van der Waals surface area contributed by atoms with Gasteiger partial charge in [0, 0.05) is 6.54 Å². The molecule has 6 nitrogen and oxygen atoms in total. The normalized spacial score (nSPS) is 11.8. The zero-order valence-corrected chi connectivity index (χ0v) is 17.8. The number of carbonyl (C=O) groups is 1. The third-order valence-electron chi connectivity index (χ3n) is 4.48. The summed E-state index contributed by atoms with van der Waals surface area (Å²) in [6.45, 7) is 7.08. The molecule has 29 heavy (non-hydrogen) atoms. The van der Waals surface area contributed by atoms with E-state index in [0.29, 0.717) is 13.2 Å². The van der Waals surface area contributed by atoms with Crippen LogP contribution in [0.15, 0.2) is 59.8 Å². The molecule has 0 aliphatic heterocycles. The van der Waals surface area contributed by atoms with Crippen molar-refractivity contribution < 1.29 is 9.53 Å². The Morgan fingerprint density at radius 1 is 1.17 bits per heavy atom. The topological polar surface area (TPSA) is 69.0 Å². The maximum absolute atomic E-state index is 12.3. The molecule has 7 heteroatoms. The SMILES string of the molecule is CCn1c(COc2cccc(C)c2)nnc1SCC(=O)NC(C)c1ccccc1. The number of benzene rings is 2. The van der Waals surface area contributed by atoms with Gasteiger partial charge in [-0.2, -0.15) is 0 Å². The van der Waals surface area contributed by atoms with E-state index in [1.54, 1.807) is 0 Å². The van der Waals surface area contributed by atoms with E-state index >= 15 is 0 Å². The Morgan fingerprint density at radius 2 is 1.97 bits per heavy atom. The minimum absolute atomic E-state index is 0.0328. The summed E-state index contributed by atoms with van der Waals surface area (Å²) in [4.78, 5) is 12.3. The van der Waals surface area contributed by atoms with E-state index in [4.69, 9.17) is 4.74 Å². The number of thioether (sulfide) groups is 1. The summed E-state index contributed by atoms with van der Waals surface area (Å²) < 4.78 is 7.82. The van der Waals surface area contributed by atoms with Gasteiger partial charge in [0.05, 0.1) is 11.8 Å². The van der Waals surface area contributed by atoms with Crippen LogP contribution in [0.25, 0.3) is 0 Å². The van der Waals surface area contributed by atoms with Crippen LogP contribution in [0.5, 0.6) is 5.75 Å². The Labute approximate surface area is 175 Å². The van der Waals surface area contributed by atoms with Gasteiger partial charge in [0.15, 0.2) is 11.0 Å². The number of rotatable bonds is 9. The van der Waals surface area contributed by atoms with Gasteiger partial charge in [-0.3, -0.25) is 4.79 Å². The number of carbonyl (C=O) groups excluding carboxylic acids is 1. The van der Waals surface area contributed by atoms with Gasteiger partial charge in [0.1, 0.15) is 12.4 Å². The monoisotopic (exact) mass is 410 g/mol. The smallest absolute Gasteiger partial charge is 0.230 e. The van der Waals surface area contributed by atoms with Gasteiger partial charge in [-0.05, 0) is 44.0 Å². The lowest BCUT2D eigenvalue weighted by Gasteiger charge is -2.14. The first-order valence-electron chi connectivity index (χ1n) is 9.65. The summed E-state index contributed by atoms with van der Waals surface area (Å²) in [7, 11) is 0. The number of hydrogen-bond donors (Lipinski definition) is 1. The molecule has 2 aromatic carbocycles. The second kappa shape index (κ2) is 10.1. The standard InChI is InChI=1S/C22H26N4O2S/c1-4-26-20(14-28-19-12-8-9-16(2)13-19)24-25-22(26)29-15-21(27)23-17(3)18-10-6-5-7-11-18/h5-13,17H,4,14-15H2,1-3H3,(H,23,27). The molecule has 3 rings (SSSR count). The van der Waals surface area contributed by atoms with Crippen LogP contribution < -0.4 is 10.1 Å². The molecule has 0 saturated heterocycles. The van der Waals surface area contributed by atoms with E-state index in [1.807, 2.05) is 79.9 Å². The molecule has 1 aromatic heterocycles. The molecule has 1 unspecified atom stereocenters. The minimum atomic E-state index is -0.0355. The lowest BCUT2D eigenvalue weighted by molar-refractivity contribution is -0.119. The fourth-order valence-electron chi connectivity index (χ4n) is 2.94. The van der Waals surface area contributed by atoms with Crippen molar-refractivity contribution in [2.75, 3.05) is 5.75 Å². The van der Waals surface area contributed by atoms with Crippen LogP contribution in [0.1, 0.15) is 36.8 Å². The van der Waals surface area contributed by atoms with E-state index < -0.39 is 0 Å². The Kier molecular flexibility index (Phi) is 7.30. The third kappa shape index (κ3) is 5.84. The van der Waals surface area contributed by atoms with Gasteiger partial charge in [-0.25, -0.2) is 0 Å². The van der Waals surface area contributed by atoms with Gasteiger partial charge in [0.25, 0.3) is 0 Å². The summed E-state index contributed by atoms with van der Waals surface area (Å²) in [6, 6.07) is 17.8. The quantitative estimate of drug-likeness (QED) is 0.537. The van der Waals surface area contributed by atoms with Crippen LogP contribution in [-0.2, 0) is 17.9 Å². The van der Waals surface area contributed by atoms with Crippen molar-refractivity contribution in [2.24, 2.45) is 0 Å². The second-order valence-electron chi connectivity index (χ2n) is 6.74. The van der Waals surface area contributed by atoms with Crippen molar-refractivity contribution in [2.45, 2.75) is 45.1 Å². The predicted molar refractivity (Wildman–Crippen MR) is 115 cm³/mol. The first kappa shape index (κ1) is 20.9. The summed E-state index contributed by atoms with van der Waals surface area (Å²) >= 11 is 1.38. The highest BCUT2D eigenvalue weighted by atomic mass is 32.2. The number of hydrogen-bond acceptors (Lipinski definition) is 5. The number of aromatic nitrogens is 3. The van der Waals surface area contributed by atoms with E-state index in [-0.39, 0.29) is 17.7 Å². The van der Waals surface area contributed by atoms with Gasteiger partial charge >= 0.3 is 0 Å². The Hall–Kier alpha value is -2.80. The largest absolute Gasteiger partial charge is 0.486 e. The van der Waals surface area contributed by atoms with E-state index in [9.17, 15) is 4.79 Å². The predicted octanol–water partition coefficient (Wildman–Crippen LogP) is 4.15. The molecule has 0 aliphatic rings. The molecule has 0 radical (unpaired) electrons. The van der Waals surface area contributed by atoms with Crippen molar-refractivity contribution in [3.8, 4) is 5.75 Å². The summed E-state index contributed by atoms with van der Waals surface area (Å²) in [5.41, 5.74) is 2.23. The van der Waals surface area contributed by atoms with Crippen LogP contribution in [0.2, 0.25) is 0 Å². The number of amides is 1. The Bertz CT molecular complexity index is 943. The van der Waals surface area contributed by atoms with Gasteiger partial charge in [0.2, 0.25) is 5.91 Å². The molecule has 0 bridgehead atoms. The molecule has 152 valence electrons. The van der Waals surface area contributed by atoms with E-state index in [1.165, 1.54) is 11.8 Å². The minimum Gasteiger partial charge on any atom is -0.486 e. The van der Waals surface area contributed by atoms with Crippen molar-refractivity contribution in [1.82, 2.24) is 20.1 Å². The zero-order valence-electron chi connectivity index (χ0n) is 17.0. The third-order valence-corrected chi connectivity index (χ3v) is 5.44. The number of aryl methyl sites for hydroxylation is 1. The van der Waals surface area contributed by atoms with Crippen molar-refractivity contribution in [3.05, 3.63) is 71.5 Å². The second-order valence-corrected chi connectivity index (χ2v) is 7.68. The fraction of sp³-hybridized carbons (Fsp3) is 0.318. The van der Waals surface area contributed by atoms with Crippen molar-refractivity contribution in [1.29, 1.82) is 0 Å². The molecule has 0 spiro atoms. The first-order valence-corrected chi connectivity index (χ1v) is 10.6. The van der Waals surface area contributed by atoms with Crippen LogP contribution in [0.4, 0.5) is 0 Å². The number of nitrogens with zero attached hydrogens (tertiary/aromatic N) is 3. The fourth-order valence-corrected chi connectivity index (χ4v) is 3.77. The van der Waals surface area contributed by atoms with Crippen LogP contribution in [0, 0.1) is 6.92 Å². The molecular weight excluding hydrogens is 384 g/mol. The molecule has 3 aromatic rings. The van der Waals surface area contributed by atoms with E-state index in [2.05, 4.69) is 15.5 Å². The summed E-state index contributed by atoms with van der Waals surface area (Å²) in [6.07, 6.45) is 0. The zero-order chi connectivity index (χ0) is 20.6. The molecule has 0 aliphatic carbocycles. The number of nitrogens with one attached hydrogen (secondary N) is 1. The van der Waals surface area contributed by atoms with Gasteiger partial charge in [-0.15, -0.1) is 10.2 Å². The highest BCUT2D eigenvalue weighted by molar-refractivity contribution is 7.99. The summed E-state index contributed by atoms with van der Waals surface area (Å²) in [5, 5.41) is 12.2. The van der Waals surface area contributed by atoms with Crippen LogP contribution >= 0.6 is 11.8 Å².